The van der Waals surface area contributed by atoms with Crippen LogP contribution in [-0.2, 0) is 33.2 Å². The van der Waals surface area contributed by atoms with Crippen LogP contribution >= 0.6 is 0 Å². The molecule has 3 heterocycles. The van der Waals surface area contributed by atoms with Gasteiger partial charge in [0.2, 0.25) is 5.91 Å². The van der Waals surface area contributed by atoms with E-state index in [-0.39, 0.29) is 18.9 Å². The Labute approximate surface area is 421 Å². The molecular weight excluding hydrogens is 927 g/mol. The molecule has 17 atom stereocenters. The second-order valence-electron chi connectivity index (χ2n) is 19.3. The highest BCUT2D eigenvalue weighted by Gasteiger charge is 2.53. The molecule has 3 aliphatic heterocycles. The summed E-state index contributed by atoms with van der Waals surface area (Å²) < 4.78 is 34.1. The summed E-state index contributed by atoms with van der Waals surface area (Å²) in [5.74, 6) is -0.293. The van der Waals surface area contributed by atoms with E-state index in [2.05, 4.69) is 43.5 Å². The molecule has 71 heavy (non-hydrogen) atoms. The molecule has 19 nitrogen and oxygen atoms in total. The second kappa shape index (κ2) is 36.9. The maximum absolute atomic E-state index is 13.2. The van der Waals surface area contributed by atoms with E-state index in [9.17, 15) is 61.0 Å². The Morgan fingerprint density at radius 1 is 0.493 bits per heavy atom. The van der Waals surface area contributed by atoms with E-state index < -0.39 is 124 Å². The fourth-order valence-electron chi connectivity index (χ4n) is 8.91. The molecule has 3 fully saturated rings. The van der Waals surface area contributed by atoms with Crippen molar-refractivity contribution in [1.82, 2.24) is 5.32 Å². The lowest BCUT2D eigenvalue weighted by atomic mass is 9.96. The minimum absolute atomic E-state index is 0.234. The number of nitrogens with one attached hydrogen (secondary N) is 1. The van der Waals surface area contributed by atoms with Gasteiger partial charge in [-0.15, -0.1) is 0 Å². The topological polar surface area (TPSA) is 307 Å². The van der Waals surface area contributed by atoms with E-state index >= 15 is 0 Å². The summed E-state index contributed by atoms with van der Waals surface area (Å²) in [5.41, 5.74) is 0. The van der Waals surface area contributed by atoms with E-state index in [1.54, 1.807) is 6.08 Å². The van der Waals surface area contributed by atoms with Gasteiger partial charge in [-0.1, -0.05) is 147 Å². The average molecular weight is 1020 g/mol. The minimum Gasteiger partial charge on any atom is -0.394 e. The molecule has 0 aromatic carbocycles. The molecule has 19 heteroatoms. The zero-order valence-corrected chi connectivity index (χ0v) is 42.4. The summed E-state index contributed by atoms with van der Waals surface area (Å²) >= 11 is 0. The van der Waals surface area contributed by atoms with E-state index in [0.29, 0.717) is 12.8 Å². The lowest BCUT2D eigenvalue weighted by Crippen LogP contribution is -2.66. The summed E-state index contributed by atoms with van der Waals surface area (Å²) in [7, 11) is 0. The molecule has 0 aromatic rings. The van der Waals surface area contributed by atoms with Gasteiger partial charge in [0.1, 0.15) is 73.2 Å². The van der Waals surface area contributed by atoms with Crippen LogP contribution in [0.1, 0.15) is 155 Å². The van der Waals surface area contributed by atoms with Gasteiger partial charge in [-0.25, -0.2) is 0 Å². The number of carbonyl (C=O) groups excluding carboxylic acids is 1. The van der Waals surface area contributed by atoms with Gasteiger partial charge in [0.25, 0.3) is 0 Å². The van der Waals surface area contributed by atoms with Crippen molar-refractivity contribution in [3.63, 3.8) is 0 Å². The summed E-state index contributed by atoms with van der Waals surface area (Å²) in [6.45, 7) is 1.61. The van der Waals surface area contributed by atoms with Gasteiger partial charge in [0.05, 0.1) is 38.6 Å². The van der Waals surface area contributed by atoms with Crippen LogP contribution in [0.4, 0.5) is 0 Å². The van der Waals surface area contributed by atoms with Crippen molar-refractivity contribution < 1.29 is 89.4 Å². The van der Waals surface area contributed by atoms with Crippen LogP contribution in [0.2, 0.25) is 0 Å². The fourth-order valence-corrected chi connectivity index (χ4v) is 8.91. The van der Waals surface area contributed by atoms with Crippen molar-refractivity contribution in [2.24, 2.45) is 0 Å². The quantitative estimate of drug-likeness (QED) is 0.0314. The zero-order valence-electron chi connectivity index (χ0n) is 42.4. The van der Waals surface area contributed by atoms with Gasteiger partial charge in [-0.05, 0) is 38.5 Å². The normalized spacial score (nSPS) is 32.5. The maximum Gasteiger partial charge on any atom is 0.220 e. The number of ether oxygens (including phenoxy) is 6. The average Bonchev–Trinajstić information content (AvgIpc) is 3.36. The number of unbranched alkanes of at least 4 members (excludes halogenated alkanes) is 17. The van der Waals surface area contributed by atoms with Gasteiger partial charge >= 0.3 is 0 Å². The minimum atomic E-state index is -1.98. The molecule has 3 rings (SSSR count). The van der Waals surface area contributed by atoms with Crippen molar-refractivity contribution in [2.75, 3.05) is 26.4 Å². The van der Waals surface area contributed by atoms with Gasteiger partial charge in [0.15, 0.2) is 18.9 Å². The fraction of sp³-hybridized carbons (Fsp3) is 0.865. The number of hydrogen-bond acceptors (Lipinski definition) is 18. The first-order valence-electron chi connectivity index (χ1n) is 26.7. The lowest BCUT2D eigenvalue weighted by molar-refractivity contribution is -0.379. The maximum atomic E-state index is 13.2. The van der Waals surface area contributed by atoms with Crippen molar-refractivity contribution in [1.29, 1.82) is 0 Å². The van der Waals surface area contributed by atoms with Crippen molar-refractivity contribution >= 4 is 5.91 Å². The number of hydrogen-bond donors (Lipinski definition) is 12. The van der Waals surface area contributed by atoms with Gasteiger partial charge in [0, 0.05) is 6.42 Å². The molecular formula is C52H93NO18. The number of carbonyl (C=O) groups is 1. The number of rotatable bonds is 37. The monoisotopic (exact) mass is 1020 g/mol. The third-order valence-corrected chi connectivity index (χ3v) is 13.4. The summed E-state index contributed by atoms with van der Waals surface area (Å²) in [5, 5.41) is 120. The Morgan fingerprint density at radius 3 is 1.39 bits per heavy atom. The molecule has 0 aromatic heterocycles. The van der Waals surface area contributed by atoms with E-state index in [4.69, 9.17) is 28.4 Å². The van der Waals surface area contributed by atoms with E-state index in [1.807, 2.05) is 6.08 Å². The Morgan fingerprint density at radius 2 is 0.901 bits per heavy atom. The molecule has 0 bridgehead atoms. The summed E-state index contributed by atoms with van der Waals surface area (Å²) in [6, 6.07) is -0.990. The van der Waals surface area contributed by atoms with Crippen molar-refractivity contribution in [3.8, 4) is 0 Å². The molecule has 3 aliphatic rings. The lowest BCUT2D eigenvalue weighted by Gasteiger charge is -2.48. The van der Waals surface area contributed by atoms with Gasteiger partial charge in [-0.3, -0.25) is 4.79 Å². The molecule has 0 aliphatic carbocycles. The Hall–Kier alpha value is -1.99. The molecule has 0 radical (unpaired) electrons. The standard InChI is InChI=1S/C52H93NO18/c1-3-5-7-9-11-13-15-17-18-20-22-24-26-28-30-40(58)53-35(36(57)29-27-25-23-21-19-16-14-12-10-8-6-4-2)34-66-50-46(64)43(61)48(38(32-55)68-50)71-52-47(65)44(62)49(39(33-56)69-52)70-51-45(63)42(60)41(59)37(31-54)67-51/h10,12,19,21,27,29,35-39,41-52,54-57,59-65H,3-9,11,13-18,20,22-26,28,30-34H2,1-2H3,(H,53,58)/b12-10+,21-19+,29-27+. The van der Waals surface area contributed by atoms with Gasteiger partial charge in [-0.2, -0.15) is 0 Å². The number of amides is 1. The Bertz CT molecular complexity index is 1450. The molecule has 17 unspecified atom stereocenters. The molecule has 12 N–H and O–H groups in total. The largest absolute Gasteiger partial charge is 0.394 e. The smallest absolute Gasteiger partial charge is 0.220 e. The first-order valence-corrected chi connectivity index (χ1v) is 26.7. The third-order valence-electron chi connectivity index (χ3n) is 13.4. The third kappa shape index (κ3) is 22.4. The van der Waals surface area contributed by atoms with Crippen LogP contribution < -0.4 is 5.32 Å². The second-order valence-corrected chi connectivity index (χ2v) is 19.3. The van der Waals surface area contributed by atoms with Crippen LogP contribution in [0.3, 0.4) is 0 Å². The highest BCUT2D eigenvalue weighted by atomic mass is 16.8. The van der Waals surface area contributed by atoms with Crippen molar-refractivity contribution in [3.05, 3.63) is 36.5 Å². The molecule has 3 saturated heterocycles. The summed E-state index contributed by atoms with van der Waals surface area (Å²) in [4.78, 5) is 13.2. The zero-order chi connectivity index (χ0) is 52.0. The first kappa shape index (κ1) is 63.3. The van der Waals surface area contributed by atoms with Crippen LogP contribution in [0, 0.1) is 0 Å². The van der Waals surface area contributed by atoms with Crippen LogP contribution in [0.15, 0.2) is 36.5 Å². The highest BCUT2D eigenvalue weighted by molar-refractivity contribution is 5.76. The van der Waals surface area contributed by atoms with Crippen LogP contribution in [-0.4, -0.2) is 193 Å². The highest BCUT2D eigenvalue weighted by Crippen LogP contribution is 2.33. The van der Waals surface area contributed by atoms with Crippen LogP contribution in [0.25, 0.3) is 0 Å². The number of aliphatic hydroxyl groups is 11. The number of allylic oxidation sites excluding steroid dienone is 5. The predicted molar refractivity (Wildman–Crippen MR) is 263 cm³/mol. The molecule has 414 valence electrons. The SMILES string of the molecule is CCCC/C=C/CC/C=C/CC/C=C/C(O)C(COC1OC(CO)C(OC2OC(CO)C(OC3OC(CO)C(O)C(O)C3O)C(O)C2O)C(O)C1O)NC(=O)CCCCCCCCCCCCCCCC. The summed E-state index contributed by atoms with van der Waals surface area (Å²) in [6.07, 6.45) is 8.63. The molecule has 0 spiro atoms. The molecule has 0 saturated carbocycles. The number of aliphatic hydroxyl groups excluding tert-OH is 11. The Kier molecular flexibility index (Phi) is 32.9. The van der Waals surface area contributed by atoms with E-state index in [0.717, 1.165) is 44.9 Å². The first-order chi connectivity index (χ1) is 34.3. The predicted octanol–water partition coefficient (Wildman–Crippen LogP) is 2.59. The molecule has 1 amide bonds. The van der Waals surface area contributed by atoms with Crippen molar-refractivity contribution in [2.45, 2.75) is 259 Å². The Balaban J connectivity index is 1.56. The van der Waals surface area contributed by atoms with E-state index in [1.165, 1.54) is 77.0 Å². The van der Waals surface area contributed by atoms with Gasteiger partial charge < -0.3 is 89.9 Å². The van der Waals surface area contributed by atoms with Crippen LogP contribution in [0.5, 0.6) is 0 Å².